The van der Waals surface area contributed by atoms with E-state index in [0.29, 0.717) is 19.6 Å². The summed E-state index contributed by atoms with van der Waals surface area (Å²) in [4.78, 5) is 12.2. The molecule has 176 valence electrons. The van der Waals surface area contributed by atoms with Crippen molar-refractivity contribution in [1.29, 1.82) is 0 Å². The van der Waals surface area contributed by atoms with Crippen LogP contribution in [0.5, 0.6) is 5.75 Å². The Balaban J connectivity index is 1.89. The summed E-state index contributed by atoms with van der Waals surface area (Å²) in [6, 6.07) is 11.9. The lowest BCUT2D eigenvalue weighted by Gasteiger charge is -2.27. The second-order valence-corrected chi connectivity index (χ2v) is 9.94. The molecule has 6 nitrogen and oxygen atoms in total. The molecule has 0 aromatic heterocycles. The smallest absolute Gasteiger partial charge is 0.232 e. The van der Waals surface area contributed by atoms with Gasteiger partial charge < -0.3 is 10.1 Å². The molecule has 0 unspecified atom stereocenters. The van der Waals surface area contributed by atoms with Gasteiger partial charge in [-0.3, -0.25) is 9.10 Å². The number of amides is 1. The van der Waals surface area contributed by atoms with Gasteiger partial charge in [-0.05, 0) is 55.9 Å². The SMILES string of the molecule is CCc1cccc(CC)c1N(CCCC(=O)NCCOc1ccc(C)cc1C)S(C)(=O)=O. The Labute approximate surface area is 193 Å². The zero-order valence-corrected chi connectivity index (χ0v) is 20.7. The number of sulfonamides is 1. The van der Waals surface area contributed by atoms with Crippen LogP contribution in [0.4, 0.5) is 5.69 Å². The largest absolute Gasteiger partial charge is 0.491 e. The van der Waals surface area contributed by atoms with Crippen LogP contribution < -0.4 is 14.4 Å². The molecule has 0 aliphatic rings. The predicted octanol–water partition coefficient (Wildman–Crippen LogP) is 4.17. The van der Waals surface area contributed by atoms with Crippen LogP contribution in [0.15, 0.2) is 36.4 Å². The van der Waals surface area contributed by atoms with Gasteiger partial charge in [0.1, 0.15) is 12.4 Å². The van der Waals surface area contributed by atoms with Crippen molar-refractivity contribution in [3.05, 3.63) is 58.7 Å². The monoisotopic (exact) mass is 460 g/mol. The van der Waals surface area contributed by atoms with Crippen LogP contribution in [-0.4, -0.2) is 40.3 Å². The molecule has 7 heteroatoms. The lowest BCUT2D eigenvalue weighted by molar-refractivity contribution is -0.121. The van der Waals surface area contributed by atoms with Gasteiger partial charge in [-0.2, -0.15) is 0 Å². The Morgan fingerprint density at radius 3 is 2.28 bits per heavy atom. The molecular formula is C25H36N2O4S. The van der Waals surface area contributed by atoms with E-state index in [-0.39, 0.29) is 18.9 Å². The van der Waals surface area contributed by atoms with E-state index < -0.39 is 10.0 Å². The van der Waals surface area contributed by atoms with E-state index in [9.17, 15) is 13.2 Å². The molecule has 0 heterocycles. The van der Waals surface area contributed by atoms with Crippen molar-refractivity contribution in [3.63, 3.8) is 0 Å². The Hall–Kier alpha value is -2.54. The Morgan fingerprint density at radius 1 is 1.06 bits per heavy atom. The molecule has 0 spiro atoms. The summed E-state index contributed by atoms with van der Waals surface area (Å²) in [6.07, 6.45) is 3.42. The number of para-hydroxylation sites is 1. The maximum atomic E-state index is 12.5. The molecule has 0 radical (unpaired) electrons. The van der Waals surface area contributed by atoms with Gasteiger partial charge in [0.2, 0.25) is 15.9 Å². The minimum atomic E-state index is -3.46. The summed E-state index contributed by atoms with van der Waals surface area (Å²) >= 11 is 0. The molecule has 0 bridgehead atoms. The van der Waals surface area contributed by atoms with Crippen LogP contribution in [0, 0.1) is 13.8 Å². The number of nitrogens with one attached hydrogen (secondary N) is 1. The first-order valence-electron chi connectivity index (χ1n) is 11.2. The van der Waals surface area contributed by atoms with Crippen molar-refractivity contribution >= 4 is 21.6 Å². The molecular weight excluding hydrogens is 424 g/mol. The number of nitrogens with zero attached hydrogens (tertiary/aromatic N) is 1. The summed E-state index contributed by atoms with van der Waals surface area (Å²) in [5, 5.41) is 2.85. The molecule has 0 saturated heterocycles. The zero-order valence-electron chi connectivity index (χ0n) is 19.9. The standard InChI is InChI=1S/C25H36N2O4S/c1-6-21-10-8-11-22(7-2)25(21)27(32(5,29)30)16-9-12-24(28)26-15-17-31-23-14-13-19(3)18-20(23)4/h8,10-11,13-14,18H,6-7,9,12,15-17H2,1-5H3,(H,26,28). The summed E-state index contributed by atoms with van der Waals surface area (Å²) in [6.45, 7) is 9.13. The zero-order chi connectivity index (χ0) is 23.7. The number of benzene rings is 2. The first kappa shape index (κ1) is 25.7. The fraction of sp³-hybridized carbons (Fsp3) is 0.480. The average molecular weight is 461 g/mol. The molecule has 0 aliphatic heterocycles. The lowest BCUT2D eigenvalue weighted by atomic mass is 10.0. The minimum Gasteiger partial charge on any atom is -0.491 e. The number of carbonyl (C=O) groups is 1. The van der Waals surface area contributed by atoms with Crippen LogP contribution in [0.25, 0.3) is 0 Å². The molecule has 0 aliphatic carbocycles. The van der Waals surface area contributed by atoms with E-state index in [2.05, 4.69) is 11.4 Å². The van der Waals surface area contributed by atoms with E-state index in [1.165, 1.54) is 16.1 Å². The lowest BCUT2D eigenvalue weighted by Crippen LogP contribution is -2.34. The summed E-state index contributed by atoms with van der Waals surface area (Å²) in [7, 11) is -3.46. The van der Waals surface area contributed by atoms with E-state index in [0.717, 1.165) is 41.0 Å². The number of anilines is 1. The third-order valence-corrected chi connectivity index (χ3v) is 6.56. The Bertz CT molecular complexity index is 996. The van der Waals surface area contributed by atoms with Crippen LogP contribution >= 0.6 is 0 Å². The maximum Gasteiger partial charge on any atom is 0.232 e. The van der Waals surface area contributed by atoms with Crippen molar-refractivity contribution in [2.45, 2.75) is 53.4 Å². The first-order valence-corrected chi connectivity index (χ1v) is 13.1. The average Bonchev–Trinajstić information content (AvgIpc) is 2.74. The maximum absolute atomic E-state index is 12.5. The van der Waals surface area contributed by atoms with Crippen LogP contribution in [0.3, 0.4) is 0 Å². The van der Waals surface area contributed by atoms with Crippen molar-refractivity contribution in [3.8, 4) is 5.75 Å². The summed E-state index contributed by atoms with van der Waals surface area (Å²) in [5.74, 6) is 0.706. The Kier molecular flexibility index (Phi) is 9.57. The number of ether oxygens (including phenoxy) is 1. The number of carbonyl (C=O) groups excluding carboxylic acids is 1. The van der Waals surface area contributed by atoms with Crippen LogP contribution in [0.2, 0.25) is 0 Å². The third kappa shape index (κ3) is 7.26. The molecule has 32 heavy (non-hydrogen) atoms. The second kappa shape index (κ2) is 11.9. The van der Waals surface area contributed by atoms with Crippen molar-refractivity contribution in [2.75, 3.05) is 30.3 Å². The van der Waals surface area contributed by atoms with Crippen molar-refractivity contribution in [2.24, 2.45) is 0 Å². The van der Waals surface area contributed by atoms with Gasteiger partial charge in [0.25, 0.3) is 0 Å². The summed E-state index contributed by atoms with van der Waals surface area (Å²) < 4.78 is 32.3. The number of rotatable bonds is 12. The molecule has 2 aromatic carbocycles. The van der Waals surface area contributed by atoms with Gasteiger partial charge in [0.15, 0.2) is 0 Å². The molecule has 1 amide bonds. The second-order valence-electron chi connectivity index (χ2n) is 8.04. The van der Waals surface area contributed by atoms with Gasteiger partial charge in [0.05, 0.1) is 18.5 Å². The third-order valence-electron chi connectivity index (χ3n) is 5.39. The highest BCUT2D eigenvalue weighted by Gasteiger charge is 2.22. The highest BCUT2D eigenvalue weighted by Crippen LogP contribution is 2.29. The Morgan fingerprint density at radius 2 is 1.72 bits per heavy atom. The van der Waals surface area contributed by atoms with Crippen molar-refractivity contribution in [1.82, 2.24) is 5.32 Å². The fourth-order valence-electron chi connectivity index (χ4n) is 3.76. The molecule has 0 saturated carbocycles. The summed E-state index contributed by atoms with van der Waals surface area (Å²) in [5.41, 5.74) is 5.02. The normalized spacial score (nSPS) is 11.3. The van der Waals surface area contributed by atoms with E-state index in [4.69, 9.17) is 4.74 Å². The fourth-order valence-corrected chi connectivity index (χ4v) is 4.79. The van der Waals surface area contributed by atoms with Gasteiger partial charge in [-0.25, -0.2) is 8.42 Å². The van der Waals surface area contributed by atoms with Gasteiger partial charge in [-0.1, -0.05) is 49.7 Å². The van der Waals surface area contributed by atoms with Gasteiger partial charge in [0, 0.05) is 13.0 Å². The number of aryl methyl sites for hydroxylation is 4. The molecule has 2 rings (SSSR count). The van der Waals surface area contributed by atoms with Gasteiger partial charge in [-0.15, -0.1) is 0 Å². The van der Waals surface area contributed by atoms with E-state index >= 15 is 0 Å². The molecule has 1 N–H and O–H groups in total. The number of hydrogen-bond acceptors (Lipinski definition) is 4. The van der Waals surface area contributed by atoms with E-state index in [1.807, 2.05) is 58.0 Å². The highest BCUT2D eigenvalue weighted by molar-refractivity contribution is 7.92. The predicted molar refractivity (Wildman–Crippen MR) is 131 cm³/mol. The highest BCUT2D eigenvalue weighted by atomic mass is 32.2. The molecule has 2 aromatic rings. The van der Waals surface area contributed by atoms with Crippen LogP contribution in [-0.2, 0) is 27.7 Å². The van der Waals surface area contributed by atoms with Crippen LogP contribution in [0.1, 0.15) is 48.9 Å². The molecule has 0 atom stereocenters. The van der Waals surface area contributed by atoms with Gasteiger partial charge >= 0.3 is 0 Å². The minimum absolute atomic E-state index is 0.109. The number of hydrogen-bond donors (Lipinski definition) is 1. The van der Waals surface area contributed by atoms with E-state index in [1.54, 1.807) is 0 Å². The first-order chi connectivity index (χ1) is 15.2. The van der Waals surface area contributed by atoms with Crippen molar-refractivity contribution < 1.29 is 17.9 Å². The topological polar surface area (TPSA) is 75.7 Å². The molecule has 0 fully saturated rings. The quantitative estimate of drug-likeness (QED) is 0.483.